The van der Waals surface area contributed by atoms with Crippen molar-refractivity contribution in [1.29, 1.82) is 0 Å². The van der Waals surface area contributed by atoms with Crippen molar-refractivity contribution < 1.29 is 38.7 Å². The fraction of sp³-hybridized carbons (Fsp3) is 0.333. The van der Waals surface area contributed by atoms with Crippen LogP contribution < -0.4 is 9.47 Å². The van der Waals surface area contributed by atoms with E-state index in [1.54, 1.807) is 0 Å². The normalized spacial score (nSPS) is 12.7. The molecule has 2 atom stereocenters. The van der Waals surface area contributed by atoms with Gasteiger partial charge in [-0.2, -0.15) is 0 Å². The molecular weight excluding hydrogens is 1090 g/mol. The highest BCUT2D eigenvalue weighted by molar-refractivity contribution is 9.14. The van der Waals surface area contributed by atoms with Crippen molar-refractivity contribution in [3.8, 4) is 11.5 Å². The lowest BCUT2D eigenvalue weighted by molar-refractivity contribution is -0.142. The smallest absolute Gasteiger partial charge is 0.330 e. The maximum absolute atomic E-state index is 11.3. The zero-order chi connectivity index (χ0) is 32.8. The molecule has 2 rings (SSSR count). The van der Waals surface area contributed by atoms with Gasteiger partial charge in [0.2, 0.25) is 0 Å². The standard InChI is InChI=1S/C27H24Br8O8/c1-5-13(38)40-7-11(36)9-42-25-21(32)17(28)15(18(29)22(25)33)27(3,4)16-19(30)23(34)26(24(35)20(16)31)43-10-12(37)8-41-14(39)6-2/h5-6,11-12,36-37H,1-2,7-10H2,3-4H3. The predicted octanol–water partition coefficient (Wildman–Crippen LogP) is 9.05. The van der Waals surface area contributed by atoms with Gasteiger partial charge in [0.25, 0.3) is 0 Å². The van der Waals surface area contributed by atoms with Crippen molar-refractivity contribution in [2.45, 2.75) is 31.5 Å². The van der Waals surface area contributed by atoms with E-state index in [-0.39, 0.29) is 26.4 Å². The first-order valence-corrected chi connectivity index (χ1v) is 18.3. The third kappa shape index (κ3) is 9.63. The lowest BCUT2D eigenvalue weighted by Crippen LogP contribution is -2.26. The molecule has 0 aromatic heterocycles. The monoisotopic (exact) mass is 1110 g/mol. The number of aliphatic hydroxyl groups is 2. The van der Waals surface area contributed by atoms with Crippen molar-refractivity contribution in [1.82, 2.24) is 0 Å². The molecule has 0 saturated heterocycles. The van der Waals surface area contributed by atoms with E-state index in [1.165, 1.54) is 0 Å². The molecule has 0 aliphatic heterocycles. The van der Waals surface area contributed by atoms with Gasteiger partial charge >= 0.3 is 11.9 Å². The number of benzene rings is 2. The highest BCUT2D eigenvalue weighted by atomic mass is 79.9. The Morgan fingerprint density at radius 2 is 0.907 bits per heavy atom. The fourth-order valence-electron chi connectivity index (χ4n) is 3.63. The van der Waals surface area contributed by atoms with Crippen LogP contribution >= 0.6 is 127 Å². The van der Waals surface area contributed by atoms with E-state index in [0.717, 1.165) is 23.3 Å². The summed E-state index contributed by atoms with van der Waals surface area (Å²) in [5.74, 6) is -0.460. The third-order valence-corrected chi connectivity index (χ3v) is 14.0. The van der Waals surface area contributed by atoms with Crippen LogP contribution in [0.2, 0.25) is 0 Å². The van der Waals surface area contributed by atoms with Gasteiger partial charge in [0.15, 0.2) is 0 Å². The number of hydrogen-bond donors (Lipinski definition) is 2. The van der Waals surface area contributed by atoms with Crippen LogP contribution in [0.5, 0.6) is 11.5 Å². The number of halogens is 8. The Kier molecular flexibility index (Phi) is 15.9. The highest BCUT2D eigenvalue weighted by Crippen LogP contribution is 2.56. The zero-order valence-electron chi connectivity index (χ0n) is 22.4. The van der Waals surface area contributed by atoms with Gasteiger partial charge < -0.3 is 29.2 Å². The molecule has 0 spiro atoms. The van der Waals surface area contributed by atoms with Crippen LogP contribution in [0.15, 0.2) is 61.1 Å². The minimum atomic E-state index is -1.07. The molecule has 0 fully saturated rings. The average Bonchev–Trinajstić information content (AvgIpc) is 2.96. The maximum atomic E-state index is 11.3. The van der Waals surface area contributed by atoms with Crippen LogP contribution in [0.3, 0.4) is 0 Å². The van der Waals surface area contributed by atoms with E-state index >= 15 is 0 Å². The molecule has 0 radical (unpaired) electrons. The summed E-state index contributed by atoms with van der Waals surface area (Å²) in [6.45, 7) is 9.91. The van der Waals surface area contributed by atoms with E-state index < -0.39 is 29.6 Å². The molecule has 2 unspecified atom stereocenters. The molecule has 43 heavy (non-hydrogen) atoms. The number of rotatable bonds is 14. The average molecular weight is 1120 g/mol. The molecule has 0 aliphatic carbocycles. The molecule has 0 bridgehead atoms. The van der Waals surface area contributed by atoms with E-state index in [1.807, 2.05) is 13.8 Å². The molecule has 2 N–H and O–H groups in total. The van der Waals surface area contributed by atoms with Crippen molar-refractivity contribution in [3.05, 3.63) is 72.2 Å². The molecule has 8 nitrogen and oxygen atoms in total. The molecule has 16 heteroatoms. The lowest BCUT2D eigenvalue weighted by atomic mass is 9.78. The van der Waals surface area contributed by atoms with Crippen LogP contribution in [-0.4, -0.2) is 60.8 Å². The molecule has 0 saturated carbocycles. The Morgan fingerprint density at radius 3 is 1.16 bits per heavy atom. The number of carbonyl (C=O) groups excluding carboxylic acids is 2. The second kappa shape index (κ2) is 17.4. The van der Waals surface area contributed by atoms with Gasteiger partial charge in [-0.05, 0) is 139 Å². The predicted molar refractivity (Wildman–Crippen MR) is 192 cm³/mol. The fourth-order valence-corrected chi connectivity index (χ4v) is 10.2. The van der Waals surface area contributed by atoms with Crippen molar-refractivity contribution in [2.24, 2.45) is 0 Å². The van der Waals surface area contributed by atoms with Crippen LogP contribution in [0.4, 0.5) is 0 Å². The molecule has 0 aliphatic rings. The number of carbonyl (C=O) groups is 2. The van der Waals surface area contributed by atoms with Gasteiger partial charge in [-0.3, -0.25) is 0 Å². The number of ether oxygens (including phenoxy) is 4. The summed E-state index contributed by atoms with van der Waals surface area (Å²) in [5.41, 5.74) is 0.985. The Bertz CT molecular complexity index is 1250. The Balaban J connectivity index is 2.46. The molecule has 2 aromatic rings. The summed E-state index contributed by atoms with van der Waals surface area (Å²) in [6.07, 6.45) is -0.106. The SMILES string of the molecule is C=CC(=O)OCC(O)COc1c(Br)c(Br)c(C(C)(C)c2c(Br)c(Br)c(OCC(O)COC(=O)C=C)c(Br)c2Br)c(Br)c1Br. The van der Waals surface area contributed by atoms with Crippen LogP contribution in [-0.2, 0) is 24.5 Å². The summed E-state index contributed by atoms with van der Waals surface area (Å²) in [6, 6.07) is 0. The van der Waals surface area contributed by atoms with Gasteiger partial charge in [0, 0.05) is 35.5 Å². The van der Waals surface area contributed by atoms with Crippen molar-refractivity contribution in [3.63, 3.8) is 0 Å². The van der Waals surface area contributed by atoms with E-state index in [4.69, 9.17) is 18.9 Å². The Labute approximate surface area is 316 Å². The Morgan fingerprint density at radius 1 is 0.628 bits per heavy atom. The van der Waals surface area contributed by atoms with Gasteiger partial charge in [-0.1, -0.05) is 27.0 Å². The zero-order valence-corrected chi connectivity index (χ0v) is 35.1. The molecule has 236 valence electrons. The van der Waals surface area contributed by atoms with Gasteiger partial charge in [0.1, 0.15) is 50.1 Å². The van der Waals surface area contributed by atoms with E-state index in [9.17, 15) is 19.8 Å². The van der Waals surface area contributed by atoms with E-state index in [0.29, 0.717) is 47.3 Å². The van der Waals surface area contributed by atoms with Crippen LogP contribution in [0.1, 0.15) is 25.0 Å². The first kappa shape index (κ1) is 39.4. The molecule has 0 amide bonds. The van der Waals surface area contributed by atoms with Gasteiger partial charge in [0.05, 0.1) is 17.9 Å². The first-order valence-electron chi connectivity index (χ1n) is 11.9. The number of esters is 2. The second-order valence-electron chi connectivity index (χ2n) is 9.14. The summed E-state index contributed by atoms with van der Waals surface area (Å²) in [4.78, 5) is 22.6. The van der Waals surface area contributed by atoms with Crippen molar-refractivity contribution in [2.75, 3.05) is 26.4 Å². The molecular formula is C27H24Br8O8. The van der Waals surface area contributed by atoms with E-state index in [2.05, 4.69) is 141 Å². The second-order valence-corrected chi connectivity index (χ2v) is 15.5. The van der Waals surface area contributed by atoms with Crippen molar-refractivity contribution >= 4 is 139 Å². The summed E-state index contributed by atoms with van der Waals surface area (Å²) in [5, 5.41) is 20.4. The first-order chi connectivity index (χ1) is 20.0. The van der Waals surface area contributed by atoms with Crippen LogP contribution in [0.25, 0.3) is 0 Å². The maximum Gasteiger partial charge on any atom is 0.330 e. The quantitative estimate of drug-likeness (QED) is 0.110. The summed E-state index contributed by atoms with van der Waals surface area (Å²) < 4.78 is 26.6. The summed E-state index contributed by atoms with van der Waals surface area (Å²) >= 11 is 29.3. The van der Waals surface area contributed by atoms with Gasteiger partial charge in [-0.15, -0.1) is 0 Å². The molecule has 0 heterocycles. The number of aliphatic hydroxyl groups excluding tert-OH is 2. The Hall–Kier alpha value is 0.220. The highest BCUT2D eigenvalue weighted by Gasteiger charge is 2.37. The van der Waals surface area contributed by atoms with Crippen LogP contribution in [0, 0.1) is 0 Å². The molecule has 2 aromatic carbocycles. The summed E-state index contributed by atoms with van der Waals surface area (Å²) in [7, 11) is 0. The third-order valence-electron chi connectivity index (χ3n) is 5.71. The number of hydrogen-bond acceptors (Lipinski definition) is 8. The lowest BCUT2D eigenvalue weighted by Gasteiger charge is -2.33. The van der Waals surface area contributed by atoms with Gasteiger partial charge in [-0.25, -0.2) is 9.59 Å². The largest absolute Gasteiger partial charge is 0.488 e. The minimum Gasteiger partial charge on any atom is -0.488 e. The minimum absolute atomic E-state index is 0.146. The topological polar surface area (TPSA) is 112 Å².